The molecule has 1 unspecified atom stereocenters. The molecule has 46 heteroatoms. The maximum Gasteiger partial charge on any atom is 0.374 e. The van der Waals surface area contributed by atoms with Crippen molar-refractivity contribution in [2.45, 2.75) is 227 Å². The van der Waals surface area contributed by atoms with E-state index in [1.165, 1.54) is 40.8 Å². The standard InChI is InChI=1S/C80H100Cl2N11O32P/c1-29(2)16-41(86-9)68(104)92-58-60(99)33-11-14-45(39(81)18-33)120-47-20-35-21-48(64(47)125-75-65(124-53-27-80(8,85)67(103)31(4)119-53)62(101)61(100)49(122-75)28-117-76(112)78(5,6)25-51(98)88-77(113)126(114,115)116)121-46-15-12-34(19-40(46)82)63(123-52-26-79(7,84)66(102)30(3)118-52)59-73(109)91-57(74(110)111)38-22-36(94)23-44(96)54(38)37-17-32(10-13-43(37)95)55(70(106)93-59)90-71(107)56(35)89-69(105)42(24-50(83)97)87-72(58)108/h10-15,17-23,29-31,41-42,49,52-53,55-63,65-67,75,77,86,94-96,99-103,113H,16,24-28,84-85H2,1-9H3,(H2,83,97)(H,87,108)(H,88,98)(H,89,105)(H,90,107)(H,91,109)(H,92,104)(H,93,106)(H,110,111)(H2,114,115,116)/t30-,31-,41+,42-,49+,52-,53-,55+,56+,57-,58+,59-,60+,61+,62-,63+,65+,66-,67-,75-,77?,79-,80-/m0/s1. The van der Waals surface area contributed by atoms with Crippen LogP contribution in [0.1, 0.15) is 146 Å². The molecule has 5 aromatic carbocycles. The molecular weight excluding hydrogens is 1730 g/mol. The van der Waals surface area contributed by atoms with Gasteiger partial charge in [0.2, 0.25) is 65.3 Å². The number of halogens is 2. The van der Waals surface area contributed by atoms with Gasteiger partial charge < -0.3 is 163 Å². The third-order valence-corrected chi connectivity index (χ3v) is 23.5. The Labute approximate surface area is 728 Å². The third-order valence-electron chi connectivity index (χ3n) is 22.1. The summed E-state index contributed by atoms with van der Waals surface area (Å²) < 4.78 is 69.7. The number of hydrogen-bond donors (Lipinski definition) is 23. The number of carboxylic acids is 1. The predicted octanol–water partition coefficient (Wildman–Crippen LogP) is -0.119. The summed E-state index contributed by atoms with van der Waals surface area (Å²) in [6, 6.07) is -1.63. The number of primary amides is 1. The van der Waals surface area contributed by atoms with Gasteiger partial charge in [0.1, 0.15) is 96.1 Å². The van der Waals surface area contributed by atoms with E-state index in [-0.39, 0.29) is 29.9 Å². The van der Waals surface area contributed by atoms with Crippen LogP contribution in [0.4, 0.5) is 0 Å². The van der Waals surface area contributed by atoms with Gasteiger partial charge in [-0.25, -0.2) is 4.79 Å². The Balaban J connectivity index is 1.18. The zero-order valence-electron chi connectivity index (χ0n) is 68.9. The molecule has 11 bridgehead atoms. The summed E-state index contributed by atoms with van der Waals surface area (Å²) >= 11 is 14.6. The molecule has 13 rings (SSSR count). The molecule has 26 N–H and O–H groups in total. The zero-order chi connectivity index (χ0) is 92.7. The molecule has 3 saturated heterocycles. The zero-order valence-corrected chi connectivity index (χ0v) is 71.3. The molecule has 0 spiro atoms. The van der Waals surface area contributed by atoms with E-state index in [1.807, 2.05) is 0 Å². The van der Waals surface area contributed by atoms with E-state index >= 15 is 24.0 Å². The Morgan fingerprint density at radius 2 is 1.25 bits per heavy atom. The van der Waals surface area contributed by atoms with Crippen LogP contribution in [0.2, 0.25) is 10.0 Å². The fraction of sp³-hybridized carbons (Fsp3) is 0.500. The first kappa shape index (κ1) is 96.4. The lowest BCUT2D eigenvalue weighted by atomic mass is 9.86. The highest BCUT2D eigenvalue weighted by Gasteiger charge is 2.54. The lowest BCUT2D eigenvalue weighted by molar-refractivity contribution is -0.333. The van der Waals surface area contributed by atoms with Crippen LogP contribution in [0.5, 0.6) is 46.0 Å². The van der Waals surface area contributed by atoms with Gasteiger partial charge >= 0.3 is 19.5 Å². The number of aliphatic hydroxyl groups is 6. The second kappa shape index (κ2) is 38.4. The second-order valence-corrected chi connectivity index (χ2v) is 35.7. The molecule has 8 heterocycles. The van der Waals surface area contributed by atoms with Crippen molar-refractivity contribution in [1.82, 2.24) is 42.5 Å². The highest BCUT2D eigenvalue weighted by atomic mass is 35.5. The topological polar surface area (TPSA) is 688 Å². The van der Waals surface area contributed by atoms with Crippen molar-refractivity contribution >= 4 is 90.0 Å². The number of hydrogen-bond acceptors (Lipinski definition) is 32. The number of phenols is 3. The number of fused-ring (bicyclic) bond motifs is 15. The number of aliphatic hydroxyl groups excluding tert-OH is 6. The number of ether oxygens (including phenoxy) is 9. The molecule has 0 saturated carbocycles. The van der Waals surface area contributed by atoms with Crippen molar-refractivity contribution in [3.05, 3.63) is 117 Å². The van der Waals surface area contributed by atoms with Crippen molar-refractivity contribution in [2.24, 2.45) is 28.5 Å². The summed E-state index contributed by atoms with van der Waals surface area (Å²) in [6.45, 7) is 10.6. The van der Waals surface area contributed by atoms with E-state index in [0.717, 1.165) is 86.6 Å². The summed E-state index contributed by atoms with van der Waals surface area (Å²) in [5.74, 6) is -22.5. The molecule has 0 radical (unpaired) electrons. The Hall–Kier alpha value is -10.2. The minimum atomic E-state index is -5.33. The summed E-state index contributed by atoms with van der Waals surface area (Å²) in [5.41, 5.74) is 10.9. The van der Waals surface area contributed by atoms with E-state index < -0.39 is 321 Å². The summed E-state index contributed by atoms with van der Waals surface area (Å²) in [4.78, 5) is 167. The Bertz CT molecular complexity index is 5080. The third kappa shape index (κ3) is 21.6. The summed E-state index contributed by atoms with van der Waals surface area (Å²) in [5, 5.41) is 134. The quantitative estimate of drug-likeness (QED) is 0.0259. The monoisotopic (exact) mass is 1830 g/mol. The van der Waals surface area contributed by atoms with Crippen LogP contribution >= 0.6 is 30.8 Å². The molecule has 8 amide bonds. The van der Waals surface area contributed by atoms with Crippen molar-refractivity contribution in [1.29, 1.82) is 0 Å². The first-order valence-electron chi connectivity index (χ1n) is 39.5. The number of aromatic hydroxyl groups is 3. The molecule has 8 aliphatic heterocycles. The van der Waals surface area contributed by atoms with Gasteiger partial charge in [0, 0.05) is 53.1 Å². The smallest absolute Gasteiger partial charge is 0.374 e. The average molecular weight is 1830 g/mol. The number of benzene rings is 5. The highest BCUT2D eigenvalue weighted by molar-refractivity contribution is 7.52. The fourth-order valence-electron chi connectivity index (χ4n) is 15.3. The maximum absolute atomic E-state index is 16.6. The molecule has 0 aromatic heterocycles. The van der Waals surface area contributed by atoms with Gasteiger partial charge in [-0.05, 0) is 138 Å². The predicted molar refractivity (Wildman–Crippen MR) is 434 cm³/mol. The fourth-order valence-corrected chi connectivity index (χ4v) is 16.1. The number of nitrogens with two attached hydrogens (primary N) is 3. The van der Waals surface area contributed by atoms with Crippen LogP contribution in [-0.4, -0.2) is 243 Å². The first-order chi connectivity index (χ1) is 58.8. The second-order valence-electron chi connectivity index (χ2n) is 33.3. The molecule has 686 valence electrons. The number of amides is 8. The number of rotatable bonds is 21. The number of likely N-dealkylation sites (N-methyl/N-ethyl adjacent to an activating group) is 1. The Kier molecular flexibility index (Phi) is 29.4. The Morgan fingerprint density at radius 3 is 1.81 bits per heavy atom. The van der Waals surface area contributed by atoms with E-state index in [2.05, 4.69) is 37.2 Å². The molecule has 0 aliphatic carbocycles. The van der Waals surface area contributed by atoms with Crippen molar-refractivity contribution in [3.8, 4) is 57.1 Å². The number of esters is 1. The molecule has 23 atom stereocenters. The number of carboxylic acid groups (broad SMARTS) is 1. The van der Waals surface area contributed by atoms with Gasteiger partial charge in [-0.15, -0.1) is 0 Å². The van der Waals surface area contributed by atoms with Crippen LogP contribution < -0.4 is 73.9 Å². The lowest BCUT2D eigenvalue weighted by Gasteiger charge is -2.47. The molecular formula is C80H100Cl2N11O32P. The Morgan fingerprint density at radius 1 is 0.683 bits per heavy atom. The molecule has 5 aromatic rings. The van der Waals surface area contributed by atoms with Crippen LogP contribution in [0.15, 0.2) is 78.9 Å². The average Bonchev–Trinajstić information content (AvgIpc) is 0.762. The number of nitrogens with one attached hydrogen (secondary N) is 8. The number of carbonyl (C=O) groups is 10. The highest BCUT2D eigenvalue weighted by Crippen LogP contribution is 2.51. The van der Waals surface area contributed by atoms with Crippen molar-refractivity contribution < 1.29 is 156 Å². The van der Waals surface area contributed by atoms with Crippen molar-refractivity contribution in [2.75, 3.05) is 13.7 Å². The maximum atomic E-state index is 16.6. The van der Waals surface area contributed by atoms with E-state index in [0.29, 0.717) is 0 Å². The number of phenolic OH excluding ortho intramolecular Hbond substituents is 3. The minimum absolute atomic E-state index is 0.155. The van der Waals surface area contributed by atoms with E-state index in [1.54, 1.807) is 19.2 Å². The largest absolute Gasteiger partial charge is 0.508 e. The normalized spacial score (nSPS) is 30.1. The van der Waals surface area contributed by atoms with E-state index in [9.17, 15) is 89.4 Å². The SMILES string of the molecule is CN[C@H](CC(C)C)C(=O)N[C@H]1C(=O)N[C@@H](CC(N)=O)C(=O)N[C@H]2C(=O)N[C@H]3C(=O)N[C@H](C(=O)N[C@H](C(=O)O)c4cc(O)cc(O)c4-c4cc3ccc4O)[C@H](O[C@H]3C[C@](C)(N)[C@@H](O)[C@H](C)O3)c3ccc(c(Cl)c3)Oc3cc2cc(c3O[C@@H]2O[C@H](COC(=O)C(C)(C)CC(=O)NC(O)P(=O)(O)O)[C@@H](O)[C@H](O)[C@H]2O[C@H]2C[C@](C)(N)[C@@H](O)[C@H](C)O2)Oc2ccc(cc2Cl)[C@H]1O. The van der Waals surface area contributed by atoms with Gasteiger partial charge in [0.25, 0.3) is 0 Å². The molecule has 3 fully saturated rings. The molecule has 126 heavy (non-hydrogen) atoms. The van der Waals surface area contributed by atoms with Crippen molar-refractivity contribution in [3.63, 3.8) is 0 Å². The van der Waals surface area contributed by atoms with Crippen LogP contribution in [0.25, 0.3) is 11.1 Å². The lowest BCUT2D eigenvalue weighted by Crippen LogP contribution is -2.64. The summed E-state index contributed by atoms with van der Waals surface area (Å²) in [6.07, 6.45) is -25.9. The first-order valence-corrected chi connectivity index (χ1v) is 41.9. The number of carbonyl (C=O) groups excluding carboxylic acids is 9. The van der Waals surface area contributed by atoms with Gasteiger partial charge in [-0.2, -0.15) is 0 Å². The van der Waals surface area contributed by atoms with Gasteiger partial charge in [0.05, 0.1) is 52.3 Å². The van der Waals surface area contributed by atoms with Gasteiger partial charge in [-0.3, -0.25) is 47.7 Å². The number of aliphatic carboxylic acids is 1. The van der Waals surface area contributed by atoms with E-state index in [4.69, 9.17) is 83.0 Å². The molecule has 43 nitrogen and oxygen atoms in total. The van der Waals surface area contributed by atoms with Crippen LogP contribution in [0.3, 0.4) is 0 Å². The summed E-state index contributed by atoms with van der Waals surface area (Å²) in [7, 11) is -3.88. The van der Waals surface area contributed by atoms with Crippen LogP contribution in [-0.2, 0) is 80.9 Å². The van der Waals surface area contributed by atoms with Gasteiger partial charge in [-0.1, -0.05) is 55.2 Å². The van der Waals surface area contributed by atoms with Crippen LogP contribution in [0, 0.1) is 11.3 Å². The minimum Gasteiger partial charge on any atom is -0.508 e. The molecule has 8 aliphatic rings. The van der Waals surface area contributed by atoms with Gasteiger partial charge in [0.15, 0.2) is 36.2 Å².